The Hall–Kier alpha value is -3.01. The zero-order chi connectivity index (χ0) is 14.9. The lowest BCUT2D eigenvalue weighted by molar-refractivity contribution is 0.628. The Bertz CT molecular complexity index is 942. The van der Waals surface area contributed by atoms with Gasteiger partial charge in [-0.2, -0.15) is 0 Å². The number of hydrogen-bond acceptors (Lipinski definition) is 2. The predicted octanol–water partition coefficient (Wildman–Crippen LogP) is 4.43. The third-order valence-corrected chi connectivity index (χ3v) is 3.65. The minimum absolute atomic E-state index is 0.249. The summed E-state index contributed by atoms with van der Waals surface area (Å²) in [6.07, 6.45) is 3.43. The molecular formula is C18H12FN3. The molecule has 2 heterocycles. The molecule has 0 saturated heterocycles. The van der Waals surface area contributed by atoms with Crippen LogP contribution in [0.15, 0.2) is 67.1 Å². The van der Waals surface area contributed by atoms with Crippen LogP contribution in [0.4, 0.5) is 4.39 Å². The van der Waals surface area contributed by atoms with E-state index in [0.29, 0.717) is 0 Å². The second-order valence-electron chi connectivity index (χ2n) is 5.04. The Labute approximate surface area is 126 Å². The molecule has 22 heavy (non-hydrogen) atoms. The molecular weight excluding hydrogens is 277 g/mol. The third kappa shape index (κ3) is 2.15. The molecule has 0 fully saturated rings. The first kappa shape index (κ1) is 12.7. The van der Waals surface area contributed by atoms with E-state index in [1.807, 2.05) is 24.3 Å². The summed E-state index contributed by atoms with van der Waals surface area (Å²) in [6.45, 7) is 0. The number of pyridine rings is 1. The van der Waals surface area contributed by atoms with Crippen LogP contribution in [0.2, 0.25) is 0 Å². The number of aromatic nitrogens is 3. The van der Waals surface area contributed by atoms with E-state index < -0.39 is 0 Å². The molecule has 0 bridgehead atoms. The number of rotatable bonds is 2. The first-order chi connectivity index (χ1) is 10.8. The fourth-order valence-electron chi connectivity index (χ4n) is 2.57. The summed E-state index contributed by atoms with van der Waals surface area (Å²) in [5.74, 6) is -0.249. The lowest BCUT2D eigenvalue weighted by Crippen LogP contribution is -1.86. The number of benzene rings is 2. The number of halogens is 1. The van der Waals surface area contributed by atoms with Crippen molar-refractivity contribution >= 4 is 10.9 Å². The van der Waals surface area contributed by atoms with Gasteiger partial charge in [0.2, 0.25) is 0 Å². The van der Waals surface area contributed by atoms with Crippen LogP contribution in [0.5, 0.6) is 0 Å². The molecule has 0 aliphatic heterocycles. The molecule has 0 atom stereocenters. The average Bonchev–Trinajstić information content (AvgIpc) is 3.05. The SMILES string of the molecule is Fc1ccc(-c2[nH]cnc2-c2ccc3ncccc3c2)cc1. The number of imidazole rings is 1. The van der Waals surface area contributed by atoms with Crippen LogP contribution in [0.1, 0.15) is 0 Å². The van der Waals surface area contributed by atoms with Gasteiger partial charge in [0.05, 0.1) is 23.2 Å². The molecule has 0 unspecified atom stereocenters. The number of H-pyrrole nitrogens is 1. The van der Waals surface area contributed by atoms with E-state index in [1.165, 1.54) is 12.1 Å². The lowest BCUT2D eigenvalue weighted by atomic mass is 10.0. The topological polar surface area (TPSA) is 41.6 Å². The van der Waals surface area contributed by atoms with Crippen molar-refractivity contribution in [3.05, 3.63) is 72.9 Å². The van der Waals surface area contributed by atoms with Gasteiger partial charge in [0.25, 0.3) is 0 Å². The quantitative estimate of drug-likeness (QED) is 0.593. The van der Waals surface area contributed by atoms with E-state index in [0.717, 1.165) is 33.4 Å². The molecule has 2 aromatic carbocycles. The molecule has 0 radical (unpaired) electrons. The maximum atomic E-state index is 13.1. The molecule has 0 aliphatic rings. The summed E-state index contributed by atoms with van der Waals surface area (Å²) >= 11 is 0. The highest BCUT2D eigenvalue weighted by Gasteiger charge is 2.11. The molecule has 1 N–H and O–H groups in total. The van der Waals surface area contributed by atoms with E-state index in [2.05, 4.69) is 21.0 Å². The van der Waals surface area contributed by atoms with Gasteiger partial charge in [0, 0.05) is 22.7 Å². The second-order valence-corrected chi connectivity index (χ2v) is 5.04. The Morgan fingerprint density at radius 2 is 1.68 bits per heavy atom. The summed E-state index contributed by atoms with van der Waals surface area (Å²) in [5, 5.41) is 1.06. The summed E-state index contributed by atoms with van der Waals surface area (Å²) < 4.78 is 13.1. The van der Waals surface area contributed by atoms with Crippen LogP contribution >= 0.6 is 0 Å². The van der Waals surface area contributed by atoms with Crippen LogP contribution in [0.3, 0.4) is 0 Å². The standard InChI is InChI=1S/C18H12FN3/c19-15-6-3-12(4-7-15)17-18(22-11-21-17)14-5-8-16-13(10-14)2-1-9-20-16/h1-11H,(H,21,22). The monoisotopic (exact) mass is 289 g/mol. The van der Waals surface area contributed by atoms with Gasteiger partial charge in [-0.25, -0.2) is 9.37 Å². The molecule has 2 aromatic heterocycles. The first-order valence-corrected chi connectivity index (χ1v) is 6.96. The lowest BCUT2D eigenvalue weighted by Gasteiger charge is -2.05. The molecule has 4 heteroatoms. The maximum absolute atomic E-state index is 13.1. The molecule has 0 saturated carbocycles. The van der Waals surface area contributed by atoms with Crippen molar-refractivity contribution in [2.45, 2.75) is 0 Å². The van der Waals surface area contributed by atoms with Crippen molar-refractivity contribution in [1.29, 1.82) is 0 Å². The van der Waals surface area contributed by atoms with Gasteiger partial charge < -0.3 is 4.98 Å². The number of hydrogen-bond donors (Lipinski definition) is 1. The van der Waals surface area contributed by atoms with Crippen molar-refractivity contribution in [2.24, 2.45) is 0 Å². The van der Waals surface area contributed by atoms with Crippen LogP contribution < -0.4 is 0 Å². The Morgan fingerprint density at radius 3 is 2.55 bits per heavy atom. The zero-order valence-corrected chi connectivity index (χ0v) is 11.6. The van der Waals surface area contributed by atoms with Crippen molar-refractivity contribution in [3.8, 4) is 22.5 Å². The van der Waals surface area contributed by atoms with Gasteiger partial charge in [-0.3, -0.25) is 4.98 Å². The zero-order valence-electron chi connectivity index (χ0n) is 11.6. The highest BCUT2D eigenvalue weighted by molar-refractivity contribution is 5.87. The number of aromatic amines is 1. The summed E-state index contributed by atoms with van der Waals surface area (Å²) in [7, 11) is 0. The van der Waals surface area contributed by atoms with Gasteiger partial charge >= 0.3 is 0 Å². The Kier molecular flexibility index (Phi) is 2.93. The first-order valence-electron chi connectivity index (χ1n) is 6.96. The summed E-state index contributed by atoms with van der Waals surface area (Å²) in [6, 6.07) is 16.4. The third-order valence-electron chi connectivity index (χ3n) is 3.65. The Morgan fingerprint density at radius 1 is 0.864 bits per heavy atom. The second kappa shape index (κ2) is 5.07. The van der Waals surface area contributed by atoms with E-state index in [1.54, 1.807) is 24.7 Å². The highest BCUT2D eigenvalue weighted by atomic mass is 19.1. The summed E-state index contributed by atoms with van der Waals surface area (Å²) in [5.41, 5.74) is 4.58. The molecule has 0 amide bonds. The predicted molar refractivity (Wildman–Crippen MR) is 84.7 cm³/mol. The fraction of sp³-hybridized carbons (Fsp3) is 0. The molecule has 4 rings (SSSR count). The average molecular weight is 289 g/mol. The normalized spacial score (nSPS) is 11.0. The van der Waals surface area contributed by atoms with Gasteiger partial charge in [-0.15, -0.1) is 0 Å². The molecule has 3 nitrogen and oxygen atoms in total. The van der Waals surface area contributed by atoms with E-state index in [9.17, 15) is 4.39 Å². The molecule has 106 valence electrons. The summed E-state index contributed by atoms with van der Waals surface area (Å²) in [4.78, 5) is 11.9. The van der Waals surface area contributed by atoms with Crippen LogP contribution in [0, 0.1) is 5.82 Å². The van der Waals surface area contributed by atoms with Crippen molar-refractivity contribution in [1.82, 2.24) is 15.0 Å². The minimum Gasteiger partial charge on any atom is -0.344 e. The fourth-order valence-corrected chi connectivity index (χ4v) is 2.57. The van der Waals surface area contributed by atoms with Gasteiger partial charge in [0.1, 0.15) is 5.82 Å². The van der Waals surface area contributed by atoms with E-state index in [4.69, 9.17) is 0 Å². The van der Waals surface area contributed by atoms with Crippen molar-refractivity contribution in [3.63, 3.8) is 0 Å². The minimum atomic E-state index is -0.249. The molecule has 4 aromatic rings. The van der Waals surface area contributed by atoms with Gasteiger partial charge in [-0.1, -0.05) is 12.1 Å². The van der Waals surface area contributed by atoms with E-state index in [-0.39, 0.29) is 5.82 Å². The molecule has 0 aliphatic carbocycles. The number of nitrogens with one attached hydrogen (secondary N) is 1. The van der Waals surface area contributed by atoms with Crippen LogP contribution in [-0.2, 0) is 0 Å². The Balaban J connectivity index is 1.85. The van der Waals surface area contributed by atoms with E-state index >= 15 is 0 Å². The number of fused-ring (bicyclic) bond motifs is 1. The van der Waals surface area contributed by atoms with Gasteiger partial charge in [-0.05, 0) is 42.5 Å². The van der Waals surface area contributed by atoms with Gasteiger partial charge in [0.15, 0.2) is 0 Å². The maximum Gasteiger partial charge on any atom is 0.123 e. The van der Waals surface area contributed by atoms with Crippen LogP contribution in [-0.4, -0.2) is 15.0 Å². The molecule has 0 spiro atoms. The largest absolute Gasteiger partial charge is 0.344 e. The highest BCUT2D eigenvalue weighted by Crippen LogP contribution is 2.30. The van der Waals surface area contributed by atoms with Crippen molar-refractivity contribution < 1.29 is 4.39 Å². The smallest absolute Gasteiger partial charge is 0.123 e. The van der Waals surface area contributed by atoms with Crippen LogP contribution in [0.25, 0.3) is 33.4 Å². The van der Waals surface area contributed by atoms with Crippen molar-refractivity contribution in [2.75, 3.05) is 0 Å². The number of nitrogens with zero attached hydrogens (tertiary/aromatic N) is 2.